The molecule has 6 aliphatic carbocycles. The van der Waals surface area contributed by atoms with Crippen LogP contribution in [-0.4, -0.2) is 375 Å². The molecule has 5 saturated carbocycles. The average Bonchev–Trinajstić information content (AvgIpc) is 0.718. The third-order valence-electron chi connectivity index (χ3n) is 29.6. The number of aliphatic hydroxyl groups excluding tert-OH is 18. The zero-order valence-electron chi connectivity index (χ0n) is 68.6. The number of ether oxygens (including phenoxy) is 15. The summed E-state index contributed by atoms with van der Waals surface area (Å²) in [6, 6.07) is 6.68. The zero-order valence-corrected chi connectivity index (χ0v) is 68.6. The number of benzene rings is 1. The molecule has 1 aromatic rings. The van der Waals surface area contributed by atoms with Crippen LogP contribution in [0, 0.1) is 56.2 Å². The number of fused-ring (bicyclic) bond motifs is 7. The van der Waals surface area contributed by atoms with Gasteiger partial charge >= 0.3 is 17.9 Å². The number of rotatable bonds is 24. The molecule has 38 heteroatoms. The lowest BCUT2D eigenvalue weighted by molar-refractivity contribution is -0.368. The smallest absolute Gasteiger partial charge is 0.331 e. The molecule has 11 fully saturated rings. The molecular weight excluding hydrogens is 1590 g/mol. The van der Waals surface area contributed by atoms with E-state index in [1.54, 1.807) is 31.2 Å². The lowest BCUT2D eigenvalue weighted by atomic mass is 9.33. The number of allylic oxidation sites excluding steroid dienone is 1. The van der Waals surface area contributed by atoms with Crippen molar-refractivity contribution >= 4 is 24.0 Å². The molecule has 0 amide bonds. The van der Waals surface area contributed by atoms with Crippen molar-refractivity contribution in [1.29, 1.82) is 0 Å². The molecule has 42 atom stereocenters. The molecule has 0 radical (unpaired) electrons. The standard InChI is InChI=1S/C82H124O38/c1-34-24-42(115-75(104)80-21-20-76(4,5)25-40(80)39-15-16-47-77(6)26-41(87)68(120-71-60(99)57(96)52(91)44(28-84)113-71)79(8,74(102)103)48(77)18-19-78(47,7)81(39,31-85)23-22-80)64(66(119-69-58(97)55(94)50(89)35(2)110-69)62(34)116-49(88)17-12-37-10-13-38(106-9)14-11-37)117-72-61(100)65(118-73-67(101)82(105,32-86)33-109-73)63(36(3)111-72)108-29-45-53(92)54(93)46(30-107-45)114-70-59(98)56(95)51(90)43(27-83)112-70/h10-15,17,34-36,40-48,50-73,83-87,89-101,105H,16,18-33H2,1-9H3,(H,102,103). The molecule has 42 unspecified atom stereocenters. The van der Waals surface area contributed by atoms with Gasteiger partial charge in [0.25, 0.3) is 0 Å². The molecule has 120 heavy (non-hydrogen) atoms. The third kappa shape index (κ3) is 16.6. The molecule has 38 nitrogen and oxygen atoms in total. The van der Waals surface area contributed by atoms with E-state index in [1.807, 2.05) is 6.92 Å². The van der Waals surface area contributed by atoms with E-state index in [-0.39, 0.29) is 44.9 Å². The Morgan fingerprint density at radius 3 is 1.74 bits per heavy atom. The summed E-state index contributed by atoms with van der Waals surface area (Å²) in [6.45, 7) is 9.21. The number of aliphatic carboxylic acids is 1. The van der Waals surface area contributed by atoms with Gasteiger partial charge in [-0.25, -0.2) is 4.79 Å². The number of esters is 2. The highest BCUT2D eigenvalue weighted by Crippen LogP contribution is 2.76. The van der Waals surface area contributed by atoms with Crippen LogP contribution in [0.5, 0.6) is 5.75 Å². The van der Waals surface area contributed by atoms with Gasteiger partial charge in [-0.05, 0) is 149 Å². The fraction of sp³-hybridized carbons (Fsp3) is 0.841. The van der Waals surface area contributed by atoms with Crippen LogP contribution in [0.15, 0.2) is 42.0 Å². The Balaban J connectivity index is 0.839. The van der Waals surface area contributed by atoms with E-state index in [0.717, 1.165) is 11.6 Å². The van der Waals surface area contributed by atoms with E-state index in [0.29, 0.717) is 30.6 Å². The molecule has 1 aromatic carbocycles. The van der Waals surface area contributed by atoms with Crippen LogP contribution in [0.3, 0.4) is 0 Å². The van der Waals surface area contributed by atoms with E-state index in [4.69, 9.17) is 71.1 Å². The van der Waals surface area contributed by atoms with Crippen molar-refractivity contribution in [1.82, 2.24) is 0 Å². The van der Waals surface area contributed by atoms with E-state index in [1.165, 1.54) is 34.0 Å². The van der Waals surface area contributed by atoms with Crippen molar-refractivity contribution in [2.75, 3.05) is 53.4 Å². The number of aliphatic hydroxyl groups is 19. The highest BCUT2D eigenvalue weighted by molar-refractivity contribution is 5.87. The quantitative estimate of drug-likeness (QED) is 0.0202. The minimum absolute atomic E-state index is 0.0360. The first-order chi connectivity index (χ1) is 56.6. The van der Waals surface area contributed by atoms with Gasteiger partial charge in [0.2, 0.25) is 0 Å². The highest BCUT2D eigenvalue weighted by Gasteiger charge is 2.74. The van der Waals surface area contributed by atoms with Gasteiger partial charge in [-0.3, -0.25) is 9.59 Å². The van der Waals surface area contributed by atoms with E-state index >= 15 is 4.79 Å². The number of carboxylic acid groups (broad SMARTS) is 1. The predicted octanol–water partition coefficient (Wildman–Crippen LogP) is -4.21. The zero-order chi connectivity index (χ0) is 87.3. The summed E-state index contributed by atoms with van der Waals surface area (Å²) in [5.74, 6) is -5.26. The number of carboxylic acids is 1. The maximum absolute atomic E-state index is 16.7. The highest BCUT2D eigenvalue weighted by atomic mass is 16.8. The van der Waals surface area contributed by atoms with Crippen LogP contribution >= 0.6 is 0 Å². The molecule has 6 heterocycles. The maximum Gasteiger partial charge on any atom is 0.331 e. The van der Waals surface area contributed by atoms with Gasteiger partial charge in [-0.1, -0.05) is 58.4 Å². The van der Waals surface area contributed by atoms with Crippen molar-refractivity contribution in [3.05, 3.63) is 47.6 Å². The molecule has 0 aromatic heterocycles. The molecule has 13 rings (SSSR count). The van der Waals surface area contributed by atoms with E-state index < -0.39 is 322 Å². The largest absolute Gasteiger partial charge is 0.497 e. The number of carbonyl (C=O) groups is 3. The molecule has 20 N–H and O–H groups in total. The second-order valence-electron chi connectivity index (χ2n) is 37.1. The Kier molecular flexibility index (Phi) is 28.0. The number of hydrogen-bond donors (Lipinski definition) is 20. The normalized spacial score (nSPS) is 50.2. The van der Waals surface area contributed by atoms with Gasteiger partial charge in [0.15, 0.2) is 31.5 Å². The van der Waals surface area contributed by atoms with Crippen molar-refractivity contribution in [3.63, 3.8) is 0 Å². The van der Waals surface area contributed by atoms with Crippen molar-refractivity contribution in [2.45, 2.75) is 321 Å². The second kappa shape index (κ2) is 36.1. The topological polar surface area (TPSA) is 594 Å². The molecule has 6 saturated heterocycles. The number of methoxy groups -OCH3 is 1. The SMILES string of the molecule is COc1ccc(C=CC(=O)OC2C(C)CC(OC(=O)C34CCC(C)(C)CC3C3=CCC5C6(C)CC(O)C(OC7OC(CO)C(O)C(O)C7O)C(C)(C(=O)O)C6CCC5(C)C3(CO)CC4)C(OC3OC(C)C(OCC4OCC(OC5OC(CO)C(O)C(O)C5O)C(O)C4O)C(OC4OCC(O)(CO)C4O)C3O)C2OC2OC(C)C(O)C(O)C2O)cc1. The Morgan fingerprint density at radius 2 is 1.13 bits per heavy atom. The van der Waals surface area contributed by atoms with Crippen LogP contribution in [0.25, 0.3) is 6.08 Å². The van der Waals surface area contributed by atoms with Crippen LogP contribution in [0.2, 0.25) is 0 Å². The first kappa shape index (κ1) is 93.3. The van der Waals surface area contributed by atoms with Crippen molar-refractivity contribution < 1.29 is 188 Å². The molecule has 0 spiro atoms. The molecule has 680 valence electrons. The summed E-state index contributed by atoms with van der Waals surface area (Å²) in [7, 11) is 1.48. The minimum Gasteiger partial charge on any atom is -0.497 e. The predicted molar refractivity (Wildman–Crippen MR) is 403 cm³/mol. The first-order valence-electron chi connectivity index (χ1n) is 41.7. The lowest BCUT2D eigenvalue weighted by Crippen LogP contribution is -2.71. The van der Waals surface area contributed by atoms with Crippen LogP contribution in [-0.2, 0) is 80.7 Å². The second-order valence-corrected chi connectivity index (χ2v) is 37.1. The van der Waals surface area contributed by atoms with Gasteiger partial charge < -0.3 is 173 Å². The lowest BCUT2D eigenvalue weighted by Gasteiger charge is -2.71. The summed E-state index contributed by atoms with van der Waals surface area (Å²) in [4.78, 5) is 45.3. The molecule has 0 bridgehead atoms. The van der Waals surface area contributed by atoms with Crippen LogP contribution in [0.1, 0.15) is 125 Å². The third-order valence-corrected chi connectivity index (χ3v) is 29.6. The Bertz CT molecular complexity index is 3740. The summed E-state index contributed by atoms with van der Waals surface area (Å²) in [5, 5.41) is 224. The van der Waals surface area contributed by atoms with Gasteiger partial charge in [0.05, 0.1) is 82.5 Å². The minimum atomic E-state index is -2.32. The van der Waals surface area contributed by atoms with Crippen molar-refractivity contribution in [2.24, 2.45) is 56.2 Å². The monoisotopic (exact) mass is 1720 g/mol. The van der Waals surface area contributed by atoms with Crippen LogP contribution in [0.4, 0.5) is 0 Å². The van der Waals surface area contributed by atoms with E-state index in [2.05, 4.69) is 26.8 Å². The number of hydrogen-bond acceptors (Lipinski definition) is 37. The molecule has 6 aliphatic heterocycles. The Labute approximate surface area is 693 Å². The van der Waals surface area contributed by atoms with E-state index in [9.17, 15) is 112 Å². The van der Waals surface area contributed by atoms with Crippen LogP contribution < -0.4 is 4.74 Å². The Morgan fingerprint density at radius 1 is 0.550 bits per heavy atom. The summed E-state index contributed by atoms with van der Waals surface area (Å²) < 4.78 is 92.9. The molecular formula is C82H124O38. The van der Waals surface area contributed by atoms with Gasteiger partial charge in [-0.15, -0.1) is 0 Å². The fourth-order valence-corrected chi connectivity index (χ4v) is 22.3. The maximum atomic E-state index is 16.7. The fourth-order valence-electron chi connectivity index (χ4n) is 22.3. The van der Waals surface area contributed by atoms with Gasteiger partial charge in [0, 0.05) is 11.5 Å². The Hall–Kier alpha value is -4.33. The summed E-state index contributed by atoms with van der Waals surface area (Å²) >= 11 is 0. The van der Waals surface area contributed by atoms with Gasteiger partial charge in [0.1, 0.15) is 158 Å². The summed E-state index contributed by atoms with van der Waals surface area (Å²) in [6.07, 6.45) is -48.7. The molecule has 12 aliphatic rings. The first-order valence-corrected chi connectivity index (χ1v) is 41.7. The van der Waals surface area contributed by atoms with Gasteiger partial charge in [-0.2, -0.15) is 0 Å². The average molecular weight is 1720 g/mol. The number of carbonyl (C=O) groups excluding carboxylic acids is 2. The van der Waals surface area contributed by atoms with Crippen molar-refractivity contribution in [3.8, 4) is 5.75 Å². The summed E-state index contributed by atoms with van der Waals surface area (Å²) in [5.41, 5.74) is -7.73.